The third-order valence-electron chi connectivity index (χ3n) is 3.31. The predicted octanol–water partition coefficient (Wildman–Crippen LogP) is 2.69. The second kappa shape index (κ2) is 4.65. The van der Waals surface area contributed by atoms with Crippen molar-refractivity contribution < 1.29 is 0 Å². The zero-order chi connectivity index (χ0) is 10.6. The summed E-state index contributed by atoms with van der Waals surface area (Å²) in [6.07, 6.45) is 4.44. The molecule has 0 aliphatic carbocycles. The molecule has 0 atom stereocenters. The Bertz CT molecular complexity index is 272. The molecular formula is C12H22N2. The lowest BCUT2D eigenvalue weighted by Crippen LogP contribution is -2.40. The second-order valence-corrected chi connectivity index (χ2v) is 4.23. The van der Waals surface area contributed by atoms with Crippen LogP contribution in [0.4, 0.5) is 0 Å². The Kier molecular flexibility index (Phi) is 3.76. The normalized spacial score (nSPS) is 12.0. The molecule has 0 bridgehead atoms. The molecule has 1 heterocycles. The molecule has 0 fully saturated rings. The summed E-state index contributed by atoms with van der Waals surface area (Å²) in [5.41, 5.74) is 1.63. The van der Waals surface area contributed by atoms with Gasteiger partial charge in [0, 0.05) is 31.0 Å². The van der Waals surface area contributed by atoms with Crippen LogP contribution in [-0.4, -0.2) is 10.1 Å². The van der Waals surface area contributed by atoms with Crippen molar-refractivity contribution in [2.24, 2.45) is 7.05 Å². The Morgan fingerprint density at radius 2 is 2.00 bits per heavy atom. The summed E-state index contributed by atoms with van der Waals surface area (Å²) < 4.78 is 2.17. The Morgan fingerprint density at radius 3 is 2.43 bits per heavy atom. The number of hydrogen-bond donors (Lipinski definition) is 1. The maximum Gasteiger partial charge on any atom is 0.0363 e. The molecule has 1 rings (SSSR count). The Hall–Kier alpha value is -0.760. The topological polar surface area (TPSA) is 17.0 Å². The minimum atomic E-state index is 0.282. The van der Waals surface area contributed by atoms with Crippen LogP contribution in [-0.2, 0) is 13.6 Å². The van der Waals surface area contributed by atoms with Crippen molar-refractivity contribution in [2.45, 2.75) is 45.7 Å². The van der Waals surface area contributed by atoms with Gasteiger partial charge in [0.15, 0.2) is 0 Å². The zero-order valence-electron chi connectivity index (χ0n) is 9.80. The number of hydrogen-bond acceptors (Lipinski definition) is 1. The van der Waals surface area contributed by atoms with Gasteiger partial charge in [-0.1, -0.05) is 13.8 Å². The van der Waals surface area contributed by atoms with E-state index in [1.54, 1.807) is 0 Å². The first-order valence-corrected chi connectivity index (χ1v) is 5.46. The highest BCUT2D eigenvalue weighted by molar-refractivity contribution is 5.06. The van der Waals surface area contributed by atoms with E-state index in [1.807, 2.05) is 0 Å². The van der Waals surface area contributed by atoms with Crippen molar-refractivity contribution in [3.63, 3.8) is 0 Å². The predicted molar refractivity (Wildman–Crippen MR) is 61.2 cm³/mol. The van der Waals surface area contributed by atoms with Crippen LogP contribution in [0.3, 0.4) is 0 Å². The number of nitrogens with one attached hydrogen (secondary N) is 1. The van der Waals surface area contributed by atoms with E-state index in [0.29, 0.717) is 0 Å². The molecule has 2 nitrogen and oxygen atoms in total. The van der Waals surface area contributed by atoms with Gasteiger partial charge in [0.1, 0.15) is 0 Å². The molecule has 0 aliphatic rings. The molecule has 1 aromatic heterocycles. The highest BCUT2D eigenvalue weighted by Crippen LogP contribution is 2.14. The van der Waals surface area contributed by atoms with Crippen molar-refractivity contribution in [3.8, 4) is 0 Å². The van der Waals surface area contributed by atoms with Crippen molar-refractivity contribution in [1.29, 1.82) is 0 Å². The monoisotopic (exact) mass is 194 g/mol. The SMILES string of the molecule is CCC(C)(CC)NCc1cccn1C. The average molecular weight is 194 g/mol. The largest absolute Gasteiger partial charge is 0.353 e. The van der Waals surface area contributed by atoms with Crippen LogP contribution >= 0.6 is 0 Å². The summed E-state index contributed by atoms with van der Waals surface area (Å²) in [7, 11) is 2.09. The molecule has 1 aromatic rings. The summed E-state index contributed by atoms with van der Waals surface area (Å²) in [6, 6.07) is 4.25. The van der Waals surface area contributed by atoms with Crippen LogP contribution in [0, 0.1) is 0 Å². The molecule has 0 amide bonds. The maximum atomic E-state index is 3.62. The van der Waals surface area contributed by atoms with Crippen molar-refractivity contribution >= 4 is 0 Å². The fraction of sp³-hybridized carbons (Fsp3) is 0.667. The van der Waals surface area contributed by atoms with E-state index in [1.165, 1.54) is 18.5 Å². The van der Waals surface area contributed by atoms with E-state index in [-0.39, 0.29) is 5.54 Å². The van der Waals surface area contributed by atoms with Gasteiger partial charge in [-0.2, -0.15) is 0 Å². The second-order valence-electron chi connectivity index (χ2n) is 4.23. The van der Waals surface area contributed by atoms with Crippen molar-refractivity contribution in [2.75, 3.05) is 0 Å². The van der Waals surface area contributed by atoms with E-state index in [4.69, 9.17) is 0 Å². The highest BCUT2D eigenvalue weighted by atomic mass is 15.0. The Morgan fingerprint density at radius 1 is 1.36 bits per heavy atom. The molecule has 0 aliphatic heterocycles. The van der Waals surface area contributed by atoms with Crippen LogP contribution < -0.4 is 5.32 Å². The number of rotatable bonds is 5. The molecule has 0 saturated carbocycles. The van der Waals surface area contributed by atoms with Gasteiger partial charge >= 0.3 is 0 Å². The van der Waals surface area contributed by atoms with E-state index in [9.17, 15) is 0 Å². The Labute approximate surface area is 87.3 Å². The smallest absolute Gasteiger partial charge is 0.0363 e. The van der Waals surface area contributed by atoms with Gasteiger partial charge in [-0.15, -0.1) is 0 Å². The third kappa shape index (κ3) is 2.61. The highest BCUT2D eigenvalue weighted by Gasteiger charge is 2.18. The molecule has 14 heavy (non-hydrogen) atoms. The first-order chi connectivity index (χ1) is 6.61. The van der Waals surface area contributed by atoms with E-state index < -0.39 is 0 Å². The van der Waals surface area contributed by atoms with Gasteiger partial charge in [0.2, 0.25) is 0 Å². The van der Waals surface area contributed by atoms with Gasteiger partial charge in [0.05, 0.1) is 0 Å². The van der Waals surface area contributed by atoms with E-state index in [0.717, 1.165) is 6.54 Å². The van der Waals surface area contributed by atoms with Gasteiger partial charge in [-0.3, -0.25) is 0 Å². The summed E-state index contributed by atoms with van der Waals surface area (Å²) in [4.78, 5) is 0. The molecule has 0 saturated heterocycles. The molecular weight excluding hydrogens is 172 g/mol. The van der Waals surface area contributed by atoms with Gasteiger partial charge in [-0.05, 0) is 31.9 Å². The van der Waals surface area contributed by atoms with Crippen LogP contribution in [0.1, 0.15) is 39.3 Å². The van der Waals surface area contributed by atoms with Crippen LogP contribution in [0.15, 0.2) is 18.3 Å². The van der Waals surface area contributed by atoms with Crippen LogP contribution in [0.5, 0.6) is 0 Å². The fourth-order valence-electron chi connectivity index (χ4n) is 1.48. The summed E-state index contributed by atoms with van der Waals surface area (Å²) in [5.74, 6) is 0. The van der Waals surface area contributed by atoms with E-state index >= 15 is 0 Å². The number of aromatic nitrogens is 1. The minimum Gasteiger partial charge on any atom is -0.353 e. The lowest BCUT2D eigenvalue weighted by atomic mass is 9.95. The first kappa shape index (κ1) is 11.3. The maximum absolute atomic E-state index is 3.62. The van der Waals surface area contributed by atoms with Gasteiger partial charge < -0.3 is 9.88 Å². The van der Waals surface area contributed by atoms with E-state index in [2.05, 4.69) is 56.0 Å². The summed E-state index contributed by atoms with van der Waals surface area (Å²) in [6.45, 7) is 7.72. The van der Waals surface area contributed by atoms with Gasteiger partial charge in [0.25, 0.3) is 0 Å². The summed E-state index contributed by atoms with van der Waals surface area (Å²) in [5, 5.41) is 3.62. The fourth-order valence-corrected chi connectivity index (χ4v) is 1.48. The average Bonchev–Trinajstić information content (AvgIpc) is 2.61. The Balaban J connectivity index is 2.52. The lowest BCUT2D eigenvalue weighted by Gasteiger charge is -2.28. The zero-order valence-corrected chi connectivity index (χ0v) is 9.80. The molecule has 0 aromatic carbocycles. The first-order valence-electron chi connectivity index (χ1n) is 5.46. The third-order valence-corrected chi connectivity index (χ3v) is 3.31. The number of nitrogens with zero attached hydrogens (tertiary/aromatic N) is 1. The van der Waals surface area contributed by atoms with Crippen molar-refractivity contribution in [1.82, 2.24) is 9.88 Å². The molecule has 80 valence electrons. The summed E-state index contributed by atoms with van der Waals surface area (Å²) >= 11 is 0. The minimum absolute atomic E-state index is 0.282. The molecule has 0 radical (unpaired) electrons. The standard InChI is InChI=1S/C12H22N2/c1-5-12(3,6-2)13-10-11-8-7-9-14(11)4/h7-9,13H,5-6,10H2,1-4H3. The molecule has 1 N–H and O–H groups in total. The molecule has 2 heteroatoms. The van der Waals surface area contributed by atoms with Crippen molar-refractivity contribution in [3.05, 3.63) is 24.0 Å². The number of aryl methyl sites for hydroxylation is 1. The van der Waals surface area contributed by atoms with Gasteiger partial charge in [-0.25, -0.2) is 0 Å². The lowest BCUT2D eigenvalue weighted by molar-refractivity contribution is 0.326. The quantitative estimate of drug-likeness (QED) is 0.762. The molecule has 0 spiro atoms. The molecule has 0 unspecified atom stereocenters. The van der Waals surface area contributed by atoms with Crippen LogP contribution in [0.25, 0.3) is 0 Å². The van der Waals surface area contributed by atoms with Crippen LogP contribution in [0.2, 0.25) is 0 Å².